The lowest BCUT2D eigenvalue weighted by Crippen LogP contribution is -1.97. The molecule has 0 unspecified atom stereocenters. The van der Waals surface area contributed by atoms with E-state index in [1.54, 1.807) is 0 Å². The van der Waals surface area contributed by atoms with Gasteiger partial charge >= 0.3 is 0 Å². The molecule has 0 amide bonds. The number of hydrogen-bond acceptors (Lipinski definition) is 2. The molecule has 106 valence electrons. The second-order valence-electron chi connectivity index (χ2n) is 5.34. The predicted molar refractivity (Wildman–Crippen MR) is 90.0 cm³/mol. The van der Waals surface area contributed by atoms with Crippen molar-refractivity contribution in [2.45, 2.75) is 19.9 Å². The number of rotatable bonds is 4. The van der Waals surface area contributed by atoms with Gasteiger partial charge in [0.1, 0.15) is 0 Å². The van der Waals surface area contributed by atoms with Gasteiger partial charge in [0.15, 0.2) is 0 Å². The van der Waals surface area contributed by atoms with Gasteiger partial charge in [-0.05, 0) is 32.0 Å². The third kappa shape index (κ3) is 2.82. The fourth-order valence-electron chi connectivity index (χ4n) is 2.45. The molecule has 1 heterocycles. The monoisotopic (exact) mass is 277 g/mol. The Hall–Kier alpha value is -2.55. The zero-order valence-corrected chi connectivity index (χ0v) is 12.3. The van der Waals surface area contributed by atoms with E-state index in [-0.39, 0.29) is 0 Å². The minimum Gasteiger partial charge on any atom is -0.344 e. The maximum atomic E-state index is 4.35. The minimum atomic E-state index is 0.430. The number of hydrazone groups is 1. The van der Waals surface area contributed by atoms with E-state index in [2.05, 4.69) is 59.4 Å². The molecule has 0 radical (unpaired) electrons. The molecule has 0 saturated carbocycles. The molecule has 2 aromatic carbocycles. The van der Waals surface area contributed by atoms with Crippen molar-refractivity contribution in [3.05, 3.63) is 66.4 Å². The lowest BCUT2D eigenvalue weighted by molar-refractivity contribution is 0.623. The van der Waals surface area contributed by atoms with E-state index >= 15 is 0 Å². The molecule has 3 heteroatoms. The van der Waals surface area contributed by atoms with E-state index in [0.717, 1.165) is 11.3 Å². The second kappa shape index (κ2) is 5.83. The molecular weight excluding hydrogens is 258 g/mol. The summed E-state index contributed by atoms with van der Waals surface area (Å²) in [5, 5.41) is 5.57. The van der Waals surface area contributed by atoms with Gasteiger partial charge in [-0.1, -0.05) is 36.4 Å². The normalized spacial score (nSPS) is 11.6. The van der Waals surface area contributed by atoms with E-state index in [1.807, 2.05) is 36.5 Å². The fraction of sp³-hybridized carbons (Fsp3) is 0.167. The first-order chi connectivity index (χ1) is 10.3. The first-order valence-electron chi connectivity index (χ1n) is 7.19. The van der Waals surface area contributed by atoms with Crippen LogP contribution in [0.25, 0.3) is 10.9 Å². The van der Waals surface area contributed by atoms with E-state index in [1.165, 1.54) is 10.9 Å². The van der Waals surface area contributed by atoms with Crippen LogP contribution in [0.3, 0.4) is 0 Å². The van der Waals surface area contributed by atoms with Gasteiger partial charge in [0, 0.05) is 28.7 Å². The molecular formula is C18H19N3. The van der Waals surface area contributed by atoms with Crippen LogP contribution in [0.5, 0.6) is 0 Å². The summed E-state index contributed by atoms with van der Waals surface area (Å²) in [6.07, 6.45) is 4.04. The zero-order valence-electron chi connectivity index (χ0n) is 12.3. The van der Waals surface area contributed by atoms with Crippen LogP contribution in [-0.4, -0.2) is 10.8 Å². The van der Waals surface area contributed by atoms with Crippen molar-refractivity contribution in [1.82, 2.24) is 4.57 Å². The maximum Gasteiger partial charge on any atom is 0.0566 e. The smallest absolute Gasteiger partial charge is 0.0566 e. The Morgan fingerprint density at radius 1 is 1.00 bits per heavy atom. The summed E-state index contributed by atoms with van der Waals surface area (Å²) in [5.74, 6) is 0. The largest absolute Gasteiger partial charge is 0.344 e. The Balaban J connectivity index is 1.90. The van der Waals surface area contributed by atoms with Crippen molar-refractivity contribution in [2.24, 2.45) is 5.10 Å². The van der Waals surface area contributed by atoms with Gasteiger partial charge in [0.2, 0.25) is 0 Å². The molecule has 0 atom stereocenters. The van der Waals surface area contributed by atoms with Crippen molar-refractivity contribution in [3.8, 4) is 0 Å². The summed E-state index contributed by atoms with van der Waals surface area (Å²) in [6, 6.07) is 18.8. The summed E-state index contributed by atoms with van der Waals surface area (Å²) in [7, 11) is 0. The van der Waals surface area contributed by atoms with E-state index in [4.69, 9.17) is 0 Å². The number of hydrogen-bond donors (Lipinski definition) is 1. The Morgan fingerprint density at radius 3 is 2.48 bits per heavy atom. The third-order valence-electron chi connectivity index (χ3n) is 3.50. The Labute approximate surface area is 124 Å². The van der Waals surface area contributed by atoms with Crippen LogP contribution in [0.1, 0.15) is 25.5 Å². The number of nitrogens with zero attached hydrogens (tertiary/aromatic N) is 2. The Kier molecular flexibility index (Phi) is 3.73. The number of nitrogens with one attached hydrogen (secondary N) is 1. The van der Waals surface area contributed by atoms with Crippen LogP contribution in [0.4, 0.5) is 5.69 Å². The molecule has 0 fully saturated rings. The van der Waals surface area contributed by atoms with Crippen molar-refractivity contribution in [1.29, 1.82) is 0 Å². The van der Waals surface area contributed by atoms with Crippen LogP contribution >= 0.6 is 0 Å². The average Bonchev–Trinajstić information content (AvgIpc) is 2.88. The minimum absolute atomic E-state index is 0.430. The average molecular weight is 277 g/mol. The Morgan fingerprint density at radius 2 is 1.71 bits per heavy atom. The van der Waals surface area contributed by atoms with Gasteiger partial charge in [-0.2, -0.15) is 5.10 Å². The van der Waals surface area contributed by atoms with Gasteiger partial charge in [-0.25, -0.2) is 0 Å². The number of fused-ring (bicyclic) bond motifs is 1. The molecule has 0 bridgehead atoms. The highest BCUT2D eigenvalue weighted by Gasteiger charge is 2.08. The quantitative estimate of drug-likeness (QED) is 0.545. The van der Waals surface area contributed by atoms with Crippen LogP contribution in [0.15, 0.2) is 65.9 Å². The highest BCUT2D eigenvalue weighted by molar-refractivity contribution is 5.99. The van der Waals surface area contributed by atoms with Gasteiger partial charge in [-0.3, -0.25) is 5.43 Å². The predicted octanol–water partition coefficient (Wildman–Crippen LogP) is 4.67. The maximum absolute atomic E-state index is 4.35. The summed E-state index contributed by atoms with van der Waals surface area (Å²) in [5.41, 5.74) is 6.42. The second-order valence-corrected chi connectivity index (χ2v) is 5.34. The highest BCUT2D eigenvalue weighted by Crippen LogP contribution is 2.23. The molecule has 3 aromatic rings. The summed E-state index contributed by atoms with van der Waals surface area (Å²) in [6.45, 7) is 4.38. The van der Waals surface area contributed by atoms with E-state index in [0.29, 0.717) is 6.04 Å². The van der Waals surface area contributed by atoms with Crippen molar-refractivity contribution in [2.75, 3.05) is 5.43 Å². The number of benzene rings is 2. The fourth-order valence-corrected chi connectivity index (χ4v) is 2.45. The molecule has 0 saturated heterocycles. The third-order valence-corrected chi connectivity index (χ3v) is 3.50. The molecule has 3 rings (SSSR count). The molecule has 0 aliphatic rings. The lowest BCUT2D eigenvalue weighted by atomic mass is 10.2. The molecule has 1 N–H and O–H groups in total. The van der Waals surface area contributed by atoms with E-state index < -0.39 is 0 Å². The zero-order chi connectivity index (χ0) is 14.7. The molecule has 1 aromatic heterocycles. The summed E-state index contributed by atoms with van der Waals surface area (Å²) in [4.78, 5) is 0. The van der Waals surface area contributed by atoms with Crippen molar-refractivity contribution < 1.29 is 0 Å². The van der Waals surface area contributed by atoms with E-state index in [9.17, 15) is 0 Å². The lowest BCUT2D eigenvalue weighted by Gasteiger charge is -2.08. The molecule has 0 aliphatic carbocycles. The number of anilines is 1. The summed E-state index contributed by atoms with van der Waals surface area (Å²) < 4.78 is 2.28. The molecule has 21 heavy (non-hydrogen) atoms. The summed E-state index contributed by atoms with van der Waals surface area (Å²) >= 11 is 0. The number of aromatic nitrogens is 1. The molecule has 0 aliphatic heterocycles. The first-order valence-corrected chi connectivity index (χ1v) is 7.19. The van der Waals surface area contributed by atoms with Gasteiger partial charge < -0.3 is 4.57 Å². The van der Waals surface area contributed by atoms with Crippen LogP contribution in [-0.2, 0) is 0 Å². The van der Waals surface area contributed by atoms with Crippen molar-refractivity contribution >= 4 is 22.8 Å². The van der Waals surface area contributed by atoms with Crippen LogP contribution in [0.2, 0.25) is 0 Å². The van der Waals surface area contributed by atoms with Gasteiger partial charge in [0.05, 0.1) is 11.9 Å². The standard InChI is InChI=1S/C18H19N3/c1-14(2)21-13-15(17-10-6-7-11-18(17)21)12-19-20-16-8-4-3-5-9-16/h3-14,20H,1-2H3. The highest BCUT2D eigenvalue weighted by atomic mass is 15.3. The molecule has 0 spiro atoms. The molecule has 3 nitrogen and oxygen atoms in total. The van der Waals surface area contributed by atoms with Gasteiger partial charge in [0.25, 0.3) is 0 Å². The van der Waals surface area contributed by atoms with Crippen molar-refractivity contribution in [3.63, 3.8) is 0 Å². The van der Waals surface area contributed by atoms with Crippen LogP contribution < -0.4 is 5.43 Å². The Bertz CT molecular complexity index is 754. The SMILES string of the molecule is CC(C)n1cc(C=NNc2ccccc2)c2ccccc21. The van der Waals surface area contributed by atoms with Gasteiger partial charge in [-0.15, -0.1) is 0 Å². The first kappa shape index (κ1) is 13.4. The topological polar surface area (TPSA) is 29.3 Å². The number of para-hydroxylation sites is 2. The van der Waals surface area contributed by atoms with Crippen LogP contribution in [0, 0.1) is 0 Å².